The Morgan fingerprint density at radius 1 is 1.18 bits per heavy atom. The van der Waals surface area contributed by atoms with Crippen LogP contribution in [0.5, 0.6) is 0 Å². The minimum absolute atomic E-state index is 0. The minimum atomic E-state index is 0. The van der Waals surface area contributed by atoms with Crippen molar-refractivity contribution in [2.24, 2.45) is 5.92 Å². The number of carbonyl (C=O) groups is 1. The van der Waals surface area contributed by atoms with Crippen molar-refractivity contribution in [3.05, 3.63) is 0 Å². The van der Waals surface area contributed by atoms with Gasteiger partial charge >= 0.3 is 0 Å². The van der Waals surface area contributed by atoms with Crippen LogP contribution in [-0.2, 0) is 4.79 Å². The second kappa shape index (κ2) is 11.5. The van der Waals surface area contributed by atoms with E-state index in [0.29, 0.717) is 6.04 Å². The fraction of sp³-hybridized carbons (Fsp3) is 0.938. The molecule has 132 valence electrons. The standard InChI is InChI=1S/C16H31N3O.2ClH/c1-3-10-19(4-2)11-9-17-16(20)15-12-13-7-5-6-8-14(13)18-15;;/h13-15,18H,3-12H2,1-2H3,(H,17,20);2*1H. The molecule has 0 aromatic rings. The van der Waals surface area contributed by atoms with E-state index in [1.54, 1.807) is 0 Å². The molecule has 1 amide bonds. The van der Waals surface area contributed by atoms with E-state index in [9.17, 15) is 4.79 Å². The Balaban J connectivity index is 0.00000220. The fourth-order valence-corrected chi connectivity index (χ4v) is 3.73. The quantitative estimate of drug-likeness (QED) is 0.739. The molecule has 1 saturated carbocycles. The first-order valence-corrected chi connectivity index (χ1v) is 8.50. The van der Waals surface area contributed by atoms with Gasteiger partial charge in [0.2, 0.25) is 5.91 Å². The summed E-state index contributed by atoms with van der Waals surface area (Å²) in [7, 11) is 0. The van der Waals surface area contributed by atoms with E-state index in [2.05, 4.69) is 29.4 Å². The van der Waals surface area contributed by atoms with Crippen LogP contribution in [0.3, 0.4) is 0 Å². The van der Waals surface area contributed by atoms with E-state index in [1.165, 1.54) is 32.1 Å². The molecule has 0 spiro atoms. The average molecular weight is 354 g/mol. The molecule has 3 atom stereocenters. The van der Waals surface area contributed by atoms with Gasteiger partial charge in [0.25, 0.3) is 0 Å². The largest absolute Gasteiger partial charge is 0.353 e. The maximum atomic E-state index is 12.2. The molecule has 2 aliphatic rings. The minimum Gasteiger partial charge on any atom is -0.353 e. The van der Waals surface area contributed by atoms with Crippen LogP contribution in [-0.4, -0.2) is 49.1 Å². The number of likely N-dealkylation sites (N-methyl/N-ethyl adjacent to an activating group) is 1. The van der Waals surface area contributed by atoms with E-state index >= 15 is 0 Å². The Morgan fingerprint density at radius 2 is 1.91 bits per heavy atom. The zero-order valence-corrected chi connectivity index (χ0v) is 15.6. The van der Waals surface area contributed by atoms with Gasteiger partial charge in [0.1, 0.15) is 0 Å². The number of amides is 1. The van der Waals surface area contributed by atoms with Gasteiger partial charge in [0, 0.05) is 19.1 Å². The number of fused-ring (bicyclic) bond motifs is 1. The topological polar surface area (TPSA) is 44.4 Å². The van der Waals surface area contributed by atoms with Crippen molar-refractivity contribution in [1.29, 1.82) is 0 Å². The van der Waals surface area contributed by atoms with Gasteiger partial charge in [-0.25, -0.2) is 0 Å². The third-order valence-corrected chi connectivity index (χ3v) is 4.89. The summed E-state index contributed by atoms with van der Waals surface area (Å²) in [4.78, 5) is 14.6. The lowest BCUT2D eigenvalue weighted by Crippen LogP contribution is -2.45. The first-order valence-electron chi connectivity index (χ1n) is 8.50. The molecule has 0 bridgehead atoms. The van der Waals surface area contributed by atoms with E-state index in [-0.39, 0.29) is 36.8 Å². The SMILES string of the molecule is CCCN(CC)CCNC(=O)C1CC2CCCCC2N1.Cl.Cl. The number of nitrogens with zero attached hydrogens (tertiary/aromatic N) is 1. The Kier molecular flexibility index (Phi) is 11.5. The number of halogens is 2. The number of hydrogen-bond acceptors (Lipinski definition) is 3. The molecular formula is C16H33Cl2N3O. The van der Waals surface area contributed by atoms with Crippen molar-refractivity contribution in [3.63, 3.8) is 0 Å². The van der Waals surface area contributed by atoms with E-state index in [4.69, 9.17) is 0 Å². The van der Waals surface area contributed by atoms with Crippen LogP contribution in [0.25, 0.3) is 0 Å². The Labute approximate surface area is 148 Å². The van der Waals surface area contributed by atoms with Gasteiger partial charge < -0.3 is 15.5 Å². The number of nitrogens with one attached hydrogen (secondary N) is 2. The zero-order chi connectivity index (χ0) is 14.4. The first kappa shape index (κ1) is 22.0. The maximum absolute atomic E-state index is 12.2. The van der Waals surface area contributed by atoms with Gasteiger partial charge in [-0.2, -0.15) is 0 Å². The molecule has 2 N–H and O–H groups in total. The molecule has 2 fully saturated rings. The smallest absolute Gasteiger partial charge is 0.237 e. The molecular weight excluding hydrogens is 321 g/mol. The highest BCUT2D eigenvalue weighted by Crippen LogP contribution is 2.33. The summed E-state index contributed by atoms with van der Waals surface area (Å²) in [5.74, 6) is 0.957. The number of hydrogen-bond donors (Lipinski definition) is 2. The number of carbonyl (C=O) groups excluding carboxylic acids is 1. The van der Waals surface area contributed by atoms with Crippen LogP contribution >= 0.6 is 24.8 Å². The van der Waals surface area contributed by atoms with Crippen LogP contribution < -0.4 is 10.6 Å². The molecule has 0 aromatic carbocycles. The lowest BCUT2D eigenvalue weighted by molar-refractivity contribution is -0.122. The second-order valence-corrected chi connectivity index (χ2v) is 6.33. The highest BCUT2D eigenvalue weighted by molar-refractivity contribution is 5.85. The first-order chi connectivity index (χ1) is 9.74. The van der Waals surface area contributed by atoms with Crippen molar-refractivity contribution in [1.82, 2.24) is 15.5 Å². The van der Waals surface area contributed by atoms with Crippen LogP contribution in [0, 0.1) is 5.92 Å². The molecule has 22 heavy (non-hydrogen) atoms. The summed E-state index contributed by atoms with van der Waals surface area (Å²) in [6.07, 6.45) is 7.46. The van der Waals surface area contributed by atoms with Gasteiger partial charge in [0.05, 0.1) is 6.04 Å². The monoisotopic (exact) mass is 353 g/mol. The van der Waals surface area contributed by atoms with Crippen molar-refractivity contribution in [3.8, 4) is 0 Å². The highest BCUT2D eigenvalue weighted by atomic mass is 35.5. The predicted octanol–water partition coefficient (Wildman–Crippen LogP) is 2.60. The molecule has 0 radical (unpaired) electrons. The Hall–Kier alpha value is -0.0300. The van der Waals surface area contributed by atoms with Gasteiger partial charge in [-0.3, -0.25) is 4.79 Å². The molecule has 6 heteroatoms. The normalized spacial score (nSPS) is 26.8. The van der Waals surface area contributed by atoms with E-state index < -0.39 is 0 Å². The molecule has 1 aliphatic carbocycles. The maximum Gasteiger partial charge on any atom is 0.237 e. The Morgan fingerprint density at radius 3 is 2.55 bits per heavy atom. The summed E-state index contributed by atoms with van der Waals surface area (Å²) >= 11 is 0. The highest BCUT2D eigenvalue weighted by Gasteiger charge is 2.37. The van der Waals surface area contributed by atoms with Crippen molar-refractivity contribution in [2.45, 2.75) is 64.5 Å². The van der Waals surface area contributed by atoms with Crippen LogP contribution in [0.15, 0.2) is 0 Å². The van der Waals surface area contributed by atoms with Gasteiger partial charge in [0.15, 0.2) is 0 Å². The third kappa shape index (κ3) is 6.23. The summed E-state index contributed by atoms with van der Waals surface area (Å²) in [5.41, 5.74) is 0. The fourth-order valence-electron chi connectivity index (χ4n) is 3.73. The predicted molar refractivity (Wildman–Crippen MR) is 97.2 cm³/mol. The van der Waals surface area contributed by atoms with Crippen molar-refractivity contribution >= 4 is 30.7 Å². The molecule has 0 aromatic heterocycles. The summed E-state index contributed by atoms with van der Waals surface area (Å²) < 4.78 is 0. The Bertz CT molecular complexity index is 304. The van der Waals surface area contributed by atoms with Gasteiger partial charge in [-0.05, 0) is 44.7 Å². The van der Waals surface area contributed by atoms with E-state index in [1.807, 2.05) is 0 Å². The van der Waals surface area contributed by atoms with Crippen molar-refractivity contribution in [2.75, 3.05) is 26.2 Å². The summed E-state index contributed by atoms with van der Waals surface area (Å²) in [6, 6.07) is 0.663. The van der Waals surface area contributed by atoms with Gasteiger partial charge in [-0.15, -0.1) is 24.8 Å². The molecule has 1 aliphatic heterocycles. The number of rotatable bonds is 7. The second-order valence-electron chi connectivity index (χ2n) is 6.33. The van der Waals surface area contributed by atoms with Crippen LogP contribution in [0.4, 0.5) is 0 Å². The lowest BCUT2D eigenvalue weighted by Gasteiger charge is -2.24. The molecule has 2 rings (SSSR count). The van der Waals surface area contributed by atoms with Crippen LogP contribution in [0.2, 0.25) is 0 Å². The zero-order valence-electron chi connectivity index (χ0n) is 14.0. The summed E-state index contributed by atoms with van der Waals surface area (Å²) in [6.45, 7) is 8.32. The average Bonchev–Trinajstić information content (AvgIpc) is 2.90. The van der Waals surface area contributed by atoms with E-state index in [0.717, 1.165) is 38.5 Å². The molecule has 1 saturated heterocycles. The lowest BCUT2D eigenvalue weighted by atomic mass is 9.85. The molecule has 3 unspecified atom stereocenters. The van der Waals surface area contributed by atoms with Crippen LogP contribution in [0.1, 0.15) is 52.4 Å². The van der Waals surface area contributed by atoms with Crippen molar-refractivity contribution < 1.29 is 4.79 Å². The summed E-state index contributed by atoms with van der Waals surface area (Å²) in [5, 5.41) is 6.66. The third-order valence-electron chi connectivity index (χ3n) is 4.89. The molecule has 1 heterocycles. The molecule has 4 nitrogen and oxygen atoms in total. The van der Waals surface area contributed by atoms with Gasteiger partial charge in [-0.1, -0.05) is 26.7 Å².